The molecule has 7 heteroatoms. The van der Waals surface area contributed by atoms with Gasteiger partial charge in [0.25, 0.3) is 5.91 Å². The monoisotopic (exact) mass is 418 g/mol. The van der Waals surface area contributed by atoms with Crippen LogP contribution in [0.1, 0.15) is 56.3 Å². The molecule has 0 radical (unpaired) electrons. The third-order valence-corrected chi connectivity index (χ3v) is 5.62. The molecule has 0 aromatic heterocycles. The fourth-order valence-corrected chi connectivity index (χ4v) is 3.84. The molecule has 0 bridgehead atoms. The van der Waals surface area contributed by atoms with Crippen LogP contribution < -0.4 is 20.7 Å². The molecule has 3 N–H and O–H groups in total. The number of amides is 1. The predicted octanol–water partition coefficient (Wildman–Crippen LogP) is 2.97. The molecule has 0 spiro atoms. The van der Waals surface area contributed by atoms with Crippen molar-refractivity contribution in [3.05, 3.63) is 29.8 Å². The first-order chi connectivity index (χ1) is 14.6. The first kappa shape index (κ1) is 24.0. The average Bonchev–Trinajstić information content (AvgIpc) is 3.24. The number of methoxy groups -OCH3 is 1. The van der Waals surface area contributed by atoms with Crippen molar-refractivity contribution in [1.29, 1.82) is 0 Å². The lowest BCUT2D eigenvalue weighted by atomic mass is 9.83. The number of carbonyl (C=O) groups excluding carboxylic acids is 1. The Hall–Kier alpha value is -2.28. The molecule has 1 amide bonds. The Bertz CT molecular complexity index is 655. The molecule has 1 aliphatic rings. The lowest BCUT2D eigenvalue weighted by Crippen LogP contribution is -2.42. The smallest absolute Gasteiger partial charge is 0.251 e. The van der Waals surface area contributed by atoms with Crippen LogP contribution >= 0.6 is 0 Å². The van der Waals surface area contributed by atoms with E-state index in [-0.39, 0.29) is 11.3 Å². The molecule has 1 fully saturated rings. The molecule has 168 valence electrons. The minimum Gasteiger partial charge on any atom is -0.497 e. The molecule has 30 heavy (non-hydrogen) atoms. The van der Waals surface area contributed by atoms with Crippen molar-refractivity contribution < 1.29 is 14.3 Å². The van der Waals surface area contributed by atoms with E-state index in [2.05, 4.69) is 22.9 Å². The van der Waals surface area contributed by atoms with Gasteiger partial charge in [0.15, 0.2) is 5.96 Å². The van der Waals surface area contributed by atoms with E-state index in [4.69, 9.17) is 14.5 Å². The van der Waals surface area contributed by atoms with E-state index < -0.39 is 0 Å². The van der Waals surface area contributed by atoms with Gasteiger partial charge < -0.3 is 25.4 Å². The second kappa shape index (κ2) is 13.1. The van der Waals surface area contributed by atoms with Gasteiger partial charge in [0.1, 0.15) is 5.75 Å². The zero-order valence-corrected chi connectivity index (χ0v) is 18.8. The second-order valence-corrected chi connectivity index (χ2v) is 7.76. The second-order valence-electron chi connectivity index (χ2n) is 7.76. The van der Waals surface area contributed by atoms with Gasteiger partial charge in [-0.3, -0.25) is 9.79 Å². The number of benzene rings is 1. The quantitative estimate of drug-likeness (QED) is 0.276. The van der Waals surface area contributed by atoms with Crippen molar-refractivity contribution >= 4 is 11.9 Å². The molecule has 7 nitrogen and oxygen atoms in total. The van der Waals surface area contributed by atoms with Crippen molar-refractivity contribution in [2.24, 2.45) is 10.4 Å². The van der Waals surface area contributed by atoms with Crippen LogP contribution in [0.3, 0.4) is 0 Å². The maximum atomic E-state index is 12.2. The molecule has 0 atom stereocenters. The molecule has 0 unspecified atom stereocenters. The number of nitrogens with one attached hydrogen (secondary N) is 3. The van der Waals surface area contributed by atoms with E-state index in [9.17, 15) is 4.79 Å². The molecule has 2 rings (SSSR count). The highest BCUT2D eigenvalue weighted by Crippen LogP contribution is 2.41. The van der Waals surface area contributed by atoms with Crippen LogP contribution in [0.2, 0.25) is 0 Å². The number of rotatable bonds is 12. The van der Waals surface area contributed by atoms with E-state index in [0.29, 0.717) is 18.7 Å². The van der Waals surface area contributed by atoms with Gasteiger partial charge >= 0.3 is 0 Å². The van der Waals surface area contributed by atoms with Crippen LogP contribution in [0, 0.1) is 5.41 Å². The highest BCUT2D eigenvalue weighted by atomic mass is 16.5. The van der Waals surface area contributed by atoms with E-state index in [1.807, 2.05) is 6.92 Å². The largest absolute Gasteiger partial charge is 0.497 e. The van der Waals surface area contributed by atoms with Gasteiger partial charge in [0.2, 0.25) is 0 Å². The first-order valence-electron chi connectivity index (χ1n) is 11.1. The van der Waals surface area contributed by atoms with Gasteiger partial charge in [-0.1, -0.05) is 12.8 Å². The minimum atomic E-state index is -0.0952. The standard InChI is InChI=1S/C23H38N4O3/c1-4-24-22(27-18-23(12-6-7-13-23)14-17-30-5-2)26-16-15-25-21(28)19-8-10-20(29-3)11-9-19/h8-11H,4-7,12-18H2,1-3H3,(H,25,28)(H2,24,26,27). The predicted molar refractivity (Wildman–Crippen MR) is 121 cm³/mol. The summed E-state index contributed by atoms with van der Waals surface area (Å²) in [6.45, 7) is 8.43. The number of hydrogen-bond donors (Lipinski definition) is 3. The van der Waals surface area contributed by atoms with Crippen molar-refractivity contribution in [3.8, 4) is 5.75 Å². The Labute approximate surface area is 181 Å². The van der Waals surface area contributed by atoms with E-state index >= 15 is 0 Å². The van der Waals surface area contributed by atoms with Crippen molar-refractivity contribution in [1.82, 2.24) is 16.0 Å². The maximum absolute atomic E-state index is 12.2. The molecule has 1 aromatic rings. The number of carbonyl (C=O) groups is 1. The number of aliphatic imine (C=N–C) groups is 1. The Morgan fingerprint density at radius 2 is 1.77 bits per heavy atom. The van der Waals surface area contributed by atoms with E-state index in [1.54, 1.807) is 31.4 Å². The van der Waals surface area contributed by atoms with Gasteiger partial charge in [0.05, 0.1) is 7.11 Å². The normalized spacial score (nSPS) is 15.6. The Morgan fingerprint density at radius 1 is 1.07 bits per heavy atom. The molecular weight excluding hydrogens is 380 g/mol. The van der Waals surface area contributed by atoms with Gasteiger partial charge in [0, 0.05) is 45.0 Å². The van der Waals surface area contributed by atoms with E-state index in [1.165, 1.54) is 25.7 Å². The minimum absolute atomic E-state index is 0.0952. The van der Waals surface area contributed by atoms with Crippen LogP contribution in [-0.2, 0) is 4.74 Å². The summed E-state index contributed by atoms with van der Waals surface area (Å²) >= 11 is 0. The zero-order valence-electron chi connectivity index (χ0n) is 18.8. The third kappa shape index (κ3) is 7.86. The third-order valence-electron chi connectivity index (χ3n) is 5.62. The molecule has 0 saturated heterocycles. The van der Waals surface area contributed by atoms with Crippen LogP contribution in [0.4, 0.5) is 0 Å². The molecule has 0 aliphatic heterocycles. The number of ether oxygens (including phenoxy) is 2. The Morgan fingerprint density at radius 3 is 2.40 bits per heavy atom. The van der Waals surface area contributed by atoms with Gasteiger partial charge in [-0.15, -0.1) is 0 Å². The summed E-state index contributed by atoms with van der Waals surface area (Å²) in [6, 6.07) is 7.09. The topological polar surface area (TPSA) is 84.0 Å². The highest BCUT2D eigenvalue weighted by Gasteiger charge is 2.33. The molecule has 1 aliphatic carbocycles. The van der Waals surface area contributed by atoms with Crippen LogP contribution in [0.5, 0.6) is 5.75 Å². The highest BCUT2D eigenvalue weighted by molar-refractivity contribution is 5.94. The van der Waals surface area contributed by atoms with Crippen LogP contribution in [-0.4, -0.2) is 58.4 Å². The summed E-state index contributed by atoms with van der Waals surface area (Å²) in [5.41, 5.74) is 0.883. The summed E-state index contributed by atoms with van der Waals surface area (Å²) in [5, 5.41) is 9.56. The summed E-state index contributed by atoms with van der Waals surface area (Å²) in [6.07, 6.45) is 6.08. The summed E-state index contributed by atoms with van der Waals surface area (Å²) in [4.78, 5) is 17.1. The zero-order chi connectivity index (χ0) is 21.7. The number of nitrogens with zero attached hydrogens (tertiary/aromatic N) is 1. The Balaban J connectivity index is 1.80. The molecular formula is C23H38N4O3. The Kier molecular flexibility index (Phi) is 10.5. The molecule has 0 heterocycles. The fraction of sp³-hybridized carbons (Fsp3) is 0.652. The van der Waals surface area contributed by atoms with Crippen molar-refractivity contribution in [2.75, 3.05) is 46.5 Å². The summed E-state index contributed by atoms with van der Waals surface area (Å²) < 4.78 is 10.7. The van der Waals surface area contributed by atoms with Crippen LogP contribution in [0.15, 0.2) is 29.3 Å². The fourth-order valence-electron chi connectivity index (χ4n) is 3.84. The first-order valence-corrected chi connectivity index (χ1v) is 11.1. The number of hydrogen-bond acceptors (Lipinski definition) is 4. The van der Waals surface area contributed by atoms with Gasteiger partial charge in [-0.05, 0) is 62.8 Å². The van der Waals surface area contributed by atoms with Gasteiger partial charge in [-0.2, -0.15) is 0 Å². The lowest BCUT2D eigenvalue weighted by Gasteiger charge is -2.27. The average molecular weight is 419 g/mol. The van der Waals surface area contributed by atoms with Crippen molar-refractivity contribution in [2.45, 2.75) is 46.0 Å². The SMILES string of the molecule is CCNC(=NCC1(CCOCC)CCCC1)NCCNC(=O)c1ccc(OC)cc1. The van der Waals surface area contributed by atoms with Crippen LogP contribution in [0.25, 0.3) is 0 Å². The van der Waals surface area contributed by atoms with E-state index in [0.717, 1.165) is 44.4 Å². The summed E-state index contributed by atoms with van der Waals surface area (Å²) in [7, 11) is 1.61. The lowest BCUT2D eigenvalue weighted by molar-refractivity contribution is 0.0954. The summed E-state index contributed by atoms with van der Waals surface area (Å²) in [5.74, 6) is 1.45. The molecule has 1 saturated carbocycles. The maximum Gasteiger partial charge on any atom is 0.251 e. The number of guanidine groups is 1. The van der Waals surface area contributed by atoms with Gasteiger partial charge in [-0.25, -0.2) is 0 Å². The molecule has 1 aromatic carbocycles. The van der Waals surface area contributed by atoms with Crippen molar-refractivity contribution in [3.63, 3.8) is 0 Å².